The highest BCUT2D eigenvalue weighted by molar-refractivity contribution is 6.31. The number of rotatable bonds is 6. The van der Waals surface area contributed by atoms with Gasteiger partial charge in [-0.1, -0.05) is 17.7 Å². The van der Waals surface area contributed by atoms with Gasteiger partial charge in [0.05, 0.1) is 6.61 Å². The SMILES string of the molecule is COCCOc1ccc(C(=O)Nc2cccc(Cl)c2C)cc1. The normalized spacial score (nSPS) is 10.3. The summed E-state index contributed by atoms with van der Waals surface area (Å²) in [5, 5.41) is 3.48. The number of anilines is 1. The van der Waals surface area contributed by atoms with Crippen LogP contribution in [0.2, 0.25) is 5.02 Å². The van der Waals surface area contributed by atoms with Crippen molar-refractivity contribution < 1.29 is 14.3 Å². The molecule has 116 valence electrons. The van der Waals surface area contributed by atoms with Crippen LogP contribution in [0.4, 0.5) is 5.69 Å². The van der Waals surface area contributed by atoms with E-state index >= 15 is 0 Å². The van der Waals surface area contributed by atoms with Crippen LogP contribution in [0.5, 0.6) is 5.75 Å². The maximum atomic E-state index is 12.2. The monoisotopic (exact) mass is 319 g/mol. The van der Waals surface area contributed by atoms with Crippen LogP contribution in [0.15, 0.2) is 42.5 Å². The summed E-state index contributed by atoms with van der Waals surface area (Å²) in [5.41, 5.74) is 2.11. The number of methoxy groups -OCH3 is 1. The lowest BCUT2D eigenvalue weighted by molar-refractivity contribution is 0.102. The zero-order valence-corrected chi connectivity index (χ0v) is 13.3. The average Bonchev–Trinajstić information content (AvgIpc) is 2.53. The molecule has 0 aliphatic heterocycles. The Kier molecular flexibility index (Phi) is 5.81. The molecule has 0 saturated heterocycles. The van der Waals surface area contributed by atoms with Gasteiger partial charge in [-0.15, -0.1) is 0 Å². The Morgan fingerprint density at radius 3 is 2.55 bits per heavy atom. The summed E-state index contributed by atoms with van der Waals surface area (Å²) < 4.78 is 10.4. The number of carbonyl (C=O) groups excluding carboxylic acids is 1. The summed E-state index contributed by atoms with van der Waals surface area (Å²) in [4.78, 5) is 12.2. The lowest BCUT2D eigenvalue weighted by Crippen LogP contribution is -2.13. The topological polar surface area (TPSA) is 47.6 Å². The molecule has 0 spiro atoms. The molecule has 2 rings (SSSR count). The van der Waals surface area contributed by atoms with Crippen LogP contribution >= 0.6 is 11.6 Å². The number of carbonyl (C=O) groups is 1. The Morgan fingerprint density at radius 1 is 1.14 bits per heavy atom. The van der Waals surface area contributed by atoms with Gasteiger partial charge in [0, 0.05) is 23.4 Å². The molecule has 0 saturated carbocycles. The fourth-order valence-electron chi connectivity index (χ4n) is 1.88. The maximum Gasteiger partial charge on any atom is 0.255 e. The molecule has 1 N–H and O–H groups in total. The molecule has 0 fully saturated rings. The van der Waals surface area contributed by atoms with Crippen LogP contribution in [-0.2, 0) is 4.74 Å². The summed E-state index contributed by atoms with van der Waals surface area (Å²) in [7, 11) is 1.62. The minimum atomic E-state index is -0.186. The van der Waals surface area contributed by atoms with Crippen LogP contribution in [-0.4, -0.2) is 26.2 Å². The van der Waals surface area contributed by atoms with E-state index < -0.39 is 0 Å². The Bertz CT molecular complexity index is 641. The van der Waals surface area contributed by atoms with E-state index in [-0.39, 0.29) is 5.91 Å². The van der Waals surface area contributed by atoms with E-state index in [1.54, 1.807) is 43.5 Å². The summed E-state index contributed by atoms with van der Waals surface area (Å²) in [6, 6.07) is 12.4. The molecule has 0 aromatic heterocycles. The first-order chi connectivity index (χ1) is 10.6. The lowest BCUT2D eigenvalue weighted by Gasteiger charge is -2.10. The number of hydrogen-bond acceptors (Lipinski definition) is 3. The van der Waals surface area contributed by atoms with E-state index in [2.05, 4.69) is 5.32 Å². The molecule has 0 bridgehead atoms. The van der Waals surface area contributed by atoms with Crippen molar-refractivity contribution in [1.29, 1.82) is 0 Å². The summed E-state index contributed by atoms with van der Waals surface area (Å²) in [6.07, 6.45) is 0. The first-order valence-corrected chi connectivity index (χ1v) is 7.28. The van der Waals surface area contributed by atoms with Gasteiger partial charge in [-0.2, -0.15) is 0 Å². The van der Waals surface area contributed by atoms with Gasteiger partial charge in [0.15, 0.2) is 0 Å². The van der Waals surface area contributed by atoms with Gasteiger partial charge in [-0.05, 0) is 48.9 Å². The smallest absolute Gasteiger partial charge is 0.255 e. The summed E-state index contributed by atoms with van der Waals surface area (Å²) >= 11 is 6.05. The fraction of sp³-hybridized carbons (Fsp3) is 0.235. The third-order valence-electron chi connectivity index (χ3n) is 3.19. The van der Waals surface area contributed by atoms with Crippen LogP contribution in [0, 0.1) is 6.92 Å². The molecule has 4 nitrogen and oxygen atoms in total. The second-order valence-electron chi connectivity index (χ2n) is 4.73. The molecule has 2 aromatic carbocycles. The van der Waals surface area contributed by atoms with Gasteiger partial charge in [0.2, 0.25) is 0 Å². The highest BCUT2D eigenvalue weighted by Gasteiger charge is 2.09. The van der Waals surface area contributed by atoms with E-state index in [0.29, 0.717) is 35.2 Å². The Hall–Kier alpha value is -2.04. The van der Waals surface area contributed by atoms with Crippen LogP contribution in [0.1, 0.15) is 15.9 Å². The van der Waals surface area contributed by atoms with Crippen molar-refractivity contribution in [2.45, 2.75) is 6.92 Å². The van der Waals surface area contributed by atoms with Gasteiger partial charge >= 0.3 is 0 Å². The lowest BCUT2D eigenvalue weighted by atomic mass is 10.1. The number of nitrogens with one attached hydrogen (secondary N) is 1. The van der Waals surface area contributed by atoms with Crippen LogP contribution in [0.3, 0.4) is 0 Å². The highest BCUT2D eigenvalue weighted by atomic mass is 35.5. The van der Waals surface area contributed by atoms with Crippen molar-refractivity contribution in [3.05, 3.63) is 58.6 Å². The van der Waals surface area contributed by atoms with E-state index in [0.717, 1.165) is 5.56 Å². The van der Waals surface area contributed by atoms with Crippen molar-refractivity contribution in [3.8, 4) is 5.75 Å². The number of hydrogen-bond donors (Lipinski definition) is 1. The molecule has 0 atom stereocenters. The Balaban J connectivity index is 2.02. The molecule has 0 heterocycles. The standard InChI is InChI=1S/C17H18ClNO3/c1-12-15(18)4-3-5-16(12)19-17(20)13-6-8-14(9-7-13)22-11-10-21-2/h3-9H,10-11H2,1-2H3,(H,19,20). The third kappa shape index (κ3) is 4.23. The average molecular weight is 320 g/mol. The number of benzene rings is 2. The van der Waals surface area contributed by atoms with Gasteiger partial charge in [-0.3, -0.25) is 4.79 Å². The molecule has 0 radical (unpaired) electrons. The Labute approximate surface area is 135 Å². The van der Waals surface area contributed by atoms with Crippen LogP contribution < -0.4 is 10.1 Å². The second kappa shape index (κ2) is 7.82. The van der Waals surface area contributed by atoms with Gasteiger partial charge in [0.25, 0.3) is 5.91 Å². The van der Waals surface area contributed by atoms with Crippen molar-refractivity contribution in [2.24, 2.45) is 0 Å². The van der Waals surface area contributed by atoms with Gasteiger partial charge < -0.3 is 14.8 Å². The van der Waals surface area contributed by atoms with Gasteiger partial charge in [-0.25, -0.2) is 0 Å². The van der Waals surface area contributed by atoms with Gasteiger partial charge in [0.1, 0.15) is 12.4 Å². The van der Waals surface area contributed by atoms with E-state index in [1.165, 1.54) is 0 Å². The zero-order valence-electron chi connectivity index (χ0n) is 12.6. The summed E-state index contributed by atoms with van der Waals surface area (Å²) in [5.74, 6) is 0.515. The fourth-order valence-corrected chi connectivity index (χ4v) is 2.06. The minimum absolute atomic E-state index is 0.186. The Morgan fingerprint density at radius 2 is 1.86 bits per heavy atom. The molecule has 22 heavy (non-hydrogen) atoms. The molecule has 1 amide bonds. The highest BCUT2D eigenvalue weighted by Crippen LogP contribution is 2.23. The van der Waals surface area contributed by atoms with Crippen LogP contribution in [0.25, 0.3) is 0 Å². The quantitative estimate of drug-likeness (QED) is 0.821. The van der Waals surface area contributed by atoms with E-state index in [4.69, 9.17) is 21.1 Å². The van der Waals surface area contributed by atoms with E-state index in [1.807, 2.05) is 13.0 Å². The number of halogens is 1. The predicted molar refractivity (Wildman–Crippen MR) is 88.0 cm³/mol. The molecular formula is C17H18ClNO3. The van der Waals surface area contributed by atoms with Crippen molar-refractivity contribution in [3.63, 3.8) is 0 Å². The molecule has 5 heteroatoms. The molecule has 2 aromatic rings. The second-order valence-corrected chi connectivity index (χ2v) is 5.14. The largest absolute Gasteiger partial charge is 0.491 e. The molecular weight excluding hydrogens is 302 g/mol. The predicted octanol–water partition coefficient (Wildman–Crippen LogP) is 3.93. The van der Waals surface area contributed by atoms with Crippen molar-refractivity contribution in [2.75, 3.05) is 25.6 Å². The first-order valence-electron chi connectivity index (χ1n) is 6.90. The summed E-state index contributed by atoms with van der Waals surface area (Å²) in [6.45, 7) is 2.87. The number of ether oxygens (including phenoxy) is 2. The maximum absolute atomic E-state index is 12.2. The third-order valence-corrected chi connectivity index (χ3v) is 3.60. The molecule has 0 aliphatic carbocycles. The molecule has 0 unspecified atom stereocenters. The minimum Gasteiger partial charge on any atom is -0.491 e. The first kappa shape index (κ1) is 16.3. The molecule has 0 aliphatic rings. The number of amides is 1. The zero-order chi connectivity index (χ0) is 15.9. The van der Waals surface area contributed by atoms with Crippen molar-refractivity contribution in [1.82, 2.24) is 0 Å². The van der Waals surface area contributed by atoms with E-state index in [9.17, 15) is 4.79 Å². The van der Waals surface area contributed by atoms with Crippen molar-refractivity contribution >= 4 is 23.2 Å².